The maximum atomic E-state index is 13.4. The number of nitrogens with one attached hydrogen (secondary N) is 1. The van der Waals surface area contributed by atoms with Gasteiger partial charge in [-0.05, 0) is 73.7 Å². The maximum absolute atomic E-state index is 13.4. The molecule has 13 heteroatoms. The van der Waals surface area contributed by atoms with Crippen molar-refractivity contribution in [1.29, 1.82) is 0 Å². The minimum Gasteiger partial charge on any atom is -0.491 e. The van der Waals surface area contributed by atoms with E-state index in [1.54, 1.807) is 25.2 Å². The Hall–Kier alpha value is -5.27. The van der Waals surface area contributed by atoms with Crippen molar-refractivity contribution in [3.63, 3.8) is 0 Å². The number of allylic oxidation sites excluding steroid dienone is 2. The van der Waals surface area contributed by atoms with Crippen LogP contribution in [0.2, 0.25) is 0 Å². The quantitative estimate of drug-likeness (QED) is 0.105. The van der Waals surface area contributed by atoms with Crippen LogP contribution in [0.25, 0.3) is 17.0 Å². The molecule has 0 radical (unpaired) electrons. The number of rotatable bonds is 16. The summed E-state index contributed by atoms with van der Waals surface area (Å²) < 4.78 is 39.4. The van der Waals surface area contributed by atoms with Crippen LogP contribution in [0.3, 0.4) is 0 Å². The molecule has 1 amide bonds. The van der Waals surface area contributed by atoms with E-state index in [1.807, 2.05) is 43.4 Å². The number of anilines is 2. The number of aldehydes is 1. The molecule has 274 valence electrons. The fourth-order valence-corrected chi connectivity index (χ4v) is 6.91. The van der Waals surface area contributed by atoms with Crippen molar-refractivity contribution in [2.45, 2.75) is 45.1 Å². The zero-order chi connectivity index (χ0) is 37.5. The molecule has 0 fully saturated rings. The van der Waals surface area contributed by atoms with E-state index in [0.29, 0.717) is 42.3 Å². The van der Waals surface area contributed by atoms with E-state index in [-0.39, 0.29) is 29.6 Å². The van der Waals surface area contributed by atoms with Crippen molar-refractivity contribution in [2.75, 3.05) is 43.7 Å². The van der Waals surface area contributed by atoms with Crippen molar-refractivity contribution in [3.05, 3.63) is 102 Å². The third-order valence-corrected chi connectivity index (χ3v) is 10.1. The number of hydrogen-bond acceptors (Lipinski definition) is 11. The molecule has 1 atom stereocenters. The first-order valence-electron chi connectivity index (χ1n) is 17.1. The third kappa shape index (κ3) is 9.14. The summed E-state index contributed by atoms with van der Waals surface area (Å²) in [5.41, 5.74) is 3.26. The van der Waals surface area contributed by atoms with Gasteiger partial charge in [-0.2, -0.15) is 4.98 Å². The fraction of sp³-hybridized carbons (Fsp3) is 0.333. The average molecular weight is 728 g/mol. The molecule has 1 aliphatic carbocycles. The minimum atomic E-state index is -4.24. The number of carbonyl (C=O) groups excluding carboxylic acids is 2. The Morgan fingerprint density at radius 2 is 1.85 bits per heavy atom. The number of amides is 1. The Bertz CT molecular complexity index is 2060. The largest absolute Gasteiger partial charge is 0.491 e. The molecule has 0 saturated carbocycles. The number of hydrogen-bond donors (Lipinski definition) is 2. The predicted molar refractivity (Wildman–Crippen MR) is 201 cm³/mol. The molecule has 4 aromatic rings. The van der Waals surface area contributed by atoms with E-state index >= 15 is 0 Å². The van der Waals surface area contributed by atoms with E-state index in [9.17, 15) is 18.0 Å². The van der Waals surface area contributed by atoms with E-state index < -0.39 is 21.3 Å². The van der Waals surface area contributed by atoms with Crippen molar-refractivity contribution in [1.82, 2.24) is 14.9 Å². The molecule has 52 heavy (non-hydrogen) atoms. The molecule has 12 nitrogen and oxygen atoms in total. The Labute approximate surface area is 304 Å². The highest BCUT2D eigenvalue weighted by atomic mass is 32.2. The second-order valence-electron chi connectivity index (χ2n) is 13.5. The lowest BCUT2D eigenvalue weighted by atomic mass is 9.82. The first-order valence-corrected chi connectivity index (χ1v) is 18.6. The molecule has 1 unspecified atom stereocenters. The molecule has 1 aromatic heterocycles. The predicted octanol–water partition coefficient (Wildman–Crippen LogP) is 5.89. The smallest absolute Gasteiger partial charge is 0.264 e. The van der Waals surface area contributed by atoms with Crippen LogP contribution < -0.4 is 19.3 Å². The molecule has 0 spiro atoms. The average Bonchev–Trinajstić information content (AvgIpc) is 3.64. The summed E-state index contributed by atoms with van der Waals surface area (Å²) >= 11 is 0. The van der Waals surface area contributed by atoms with Gasteiger partial charge in [-0.25, -0.2) is 13.1 Å². The van der Waals surface area contributed by atoms with Crippen molar-refractivity contribution in [2.24, 2.45) is 11.3 Å². The number of aliphatic hydroxyl groups is 1. The molecule has 5 rings (SSSR count). The number of nitrogens with zero attached hydrogens (tertiary/aromatic N) is 4. The van der Waals surface area contributed by atoms with Gasteiger partial charge in [-0.1, -0.05) is 61.5 Å². The summed E-state index contributed by atoms with van der Waals surface area (Å²) in [7, 11) is -0.132. The zero-order valence-electron chi connectivity index (χ0n) is 30.1. The summed E-state index contributed by atoms with van der Waals surface area (Å²) in [6.07, 6.45) is 6.99. The molecule has 2 N–H and O–H groups in total. The van der Waals surface area contributed by atoms with Gasteiger partial charge in [0.2, 0.25) is 11.7 Å². The highest BCUT2D eigenvalue weighted by Gasteiger charge is 2.35. The van der Waals surface area contributed by atoms with Gasteiger partial charge in [0.25, 0.3) is 15.9 Å². The summed E-state index contributed by atoms with van der Waals surface area (Å²) in [5.74, 6) is 1.06. The first kappa shape index (κ1) is 38.0. The van der Waals surface area contributed by atoms with Crippen LogP contribution in [-0.4, -0.2) is 69.7 Å². The van der Waals surface area contributed by atoms with Crippen molar-refractivity contribution < 1.29 is 32.4 Å². The second kappa shape index (κ2) is 16.4. The Balaban J connectivity index is 1.39. The summed E-state index contributed by atoms with van der Waals surface area (Å²) in [6, 6.07) is 19.3. The minimum absolute atomic E-state index is 0.0474. The fourth-order valence-electron chi connectivity index (χ4n) is 5.78. The van der Waals surface area contributed by atoms with Gasteiger partial charge in [0, 0.05) is 43.9 Å². The van der Waals surface area contributed by atoms with Gasteiger partial charge in [0.15, 0.2) is 0 Å². The molecular weight excluding hydrogens is 683 g/mol. The second-order valence-corrected chi connectivity index (χ2v) is 15.2. The molecular formula is C39H45N5O7S. The van der Waals surface area contributed by atoms with Crippen LogP contribution >= 0.6 is 0 Å². The van der Waals surface area contributed by atoms with Crippen molar-refractivity contribution in [3.8, 4) is 17.1 Å². The number of ether oxygens (including phenoxy) is 1. The SMILES string of the molecule is CC(C)CCN(C)c1ccc(-c2noc(C3=CC(C)(C(=O)NS(=O)(=O)c4cccc(C=O)c4)C=CC3)n2)cc1N(C)Cc1ccc(OCCO)cc1. The van der Waals surface area contributed by atoms with E-state index in [2.05, 4.69) is 46.6 Å². The van der Waals surface area contributed by atoms with Crippen LogP contribution in [0.15, 0.2) is 94.4 Å². The Morgan fingerprint density at radius 3 is 2.56 bits per heavy atom. The number of sulfonamides is 1. The standard InChI is InChI=1S/C39H45N5O7S/c1-27(2)17-19-43(4)34-16-13-30(23-35(34)44(5)25-28-11-14-32(15-12-28)50-21-20-45)36-40-37(51-41-36)31-9-7-18-39(3,24-31)38(47)42-52(48,49)33-10-6-8-29(22-33)26-46/h6-8,10-16,18,22-24,26-27,45H,9,17,19-21,25H2,1-5H3,(H,42,47). The summed E-state index contributed by atoms with van der Waals surface area (Å²) in [6.45, 7) is 7.69. The Kier molecular flexibility index (Phi) is 12.0. The lowest BCUT2D eigenvalue weighted by Crippen LogP contribution is -2.40. The Morgan fingerprint density at radius 1 is 1.08 bits per heavy atom. The van der Waals surface area contributed by atoms with E-state index in [4.69, 9.17) is 19.4 Å². The molecule has 0 saturated heterocycles. The van der Waals surface area contributed by atoms with Gasteiger partial charge in [0.1, 0.15) is 18.6 Å². The van der Waals surface area contributed by atoms with Gasteiger partial charge >= 0.3 is 0 Å². The molecule has 1 aliphatic rings. The van der Waals surface area contributed by atoms with E-state index in [0.717, 1.165) is 35.5 Å². The third-order valence-electron chi connectivity index (χ3n) is 8.80. The highest BCUT2D eigenvalue weighted by molar-refractivity contribution is 7.90. The zero-order valence-corrected chi connectivity index (χ0v) is 30.9. The van der Waals surface area contributed by atoms with Crippen LogP contribution in [0.5, 0.6) is 5.75 Å². The number of carbonyl (C=O) groups is 2. The summed E-state index contributed by atoms with van der Waals surface area (Å²) in [5, 5.41) is 13.3. The van der Waals surface area contributed by atoms with Crippen LogP contribution in [0.4, 0.5) is 11.4 Å². The maximum Gasteiger partial charge on any atom is 0.264 e. The topological polar surface area (TPSA) is 155 Å². The van der Waals surface area contributed by atoms with Crippen molar-refractivity contribution >= 4 is 39.2 Å². The molecule has 0 bridgehead atoms. The monoisotopic (exact) mass is 727 g/mol. The van der Waals surface area contributed by atoms with Gasteiger partial charge in [-0.15, -0.1) is 0 Å². The highest BCUT2D eigenvalue weighted by Crippen LogP contribution is 2.36. The van der Waals surface area contributed by atoms with E-state index in [1.165, 1.54) is 24.3 Å². The molecule has 1 heterocycles. The van der Waals surface area contributed by atoms with Crippen LogP contribution in [0, 0.1) is 11.3 Å². The molecule has 0 aliphatic heterocycles. The number of aliphatic hydroxyl groups excluding tert-OH is 1. The van der Waals surface area contributed by atoms with Crippen LogP contribution in [0.1, 0.15) is 55.4 Å². The van der Waals surface area contributed by atoms with Crippen LogP contribution in [-0.2, 0) is 21.4 Å². The normalized spacial score (nSPS) is 15.6. The molecule has 3 aromatic carbocycles. The van der Waals surface area contributed by atoms with Gasteiger partial charge in [0.05, 0.1) is 28.3 Å². The summed E-state index contributed by atoms with van der Waals surface area (Å²) in [4.78, 5) is 33.5. The van der Waals surface area contributed by atoms with Gasteiger partial charge in [-0.3, -0.25) is 9.59 Å². The number of aromatic nitrogens is 2. The number of benzene rings is 3. The first-order chi connectivity index (χ1) is 24.8. The lowest BCUT2D eigenvalue weighted by Gasteiger charge is -2.29. The lowest BCUT2D eigenvalue weighted by molar-refractivity contribution is -0.124. The van der Waals surface area contributed by atoms with Gasteiger partial charge < -0.3 is 24.2 Å².